The van der Waals surface area contributed by atoms with E-state index in [0.717, 1.165) is 51.5 Å². The van der Waals surface area contributed by atoms with Crippen LogP contribution in [-0.4, -0.2) is 44.7 Å². The van der Waals surface area contributed by atoms with E-state index in [2.05, 4.69) is 42.6 Å². The molecule has 0 unspecified atom stereocenters. The number of rotatable bonds is 5. The number of amides is 1. The Balaban J connectivity index is 1.35. The van der Waals surface area contributed by atoms with Crippen LogP contribution in [0.2, 0.25) is 0 Å². The summed E-state index contributed by atoms with van der Waals surface area (Å²) in [5.41, 5.74) is 1.41. The molecular weight excluding hydrogens is 298 g/mol. The first-order valence-corrected chi connectivity index (χ1v) is 9.69. The van der Waals surface area contributed by atoms with Crippen molar-refractivity contribution in [3.8, 4) is 0 Å². The van der Waals surface area contributed by atoms with E-state index in [1.54, 1.807) is 4.90 Å². The normalized spacial score (nSPS) is 30.7. The number of likely N-dealkylation sites (tertiary alicyclic amines) is 2. The van der Waals surface area contributed by atoms with E-state index < -0.39 is 0 Å². The molecule has 0 aromatic heterocycles. The van der Waals surface area contributed by atoms with Gasteiger partial charge in [-0.25, -0.2) is 0 Å². The molecule has 0 radical (unpaired) electrons. The van der Waals surface area contributed by atoms with Crippen LogP contribution in [0.4, 0.5) is 0 Å². The molecular formula is C20H33N3O+2. The topological polar surface area (TPSA) is 38.0 Å². The summed E-state index contributed by atoms with van der Waals surface area (Å²) in [4.78, 5) is 15.4. The molecule has 4 nitrogen and oxygen atoms in total. The van der Waals surface area contributed by atoms with Crippen LogP contribution in [0.15, 0.2) is 30.3 Å². The summed E-state index contributed by atoms with van der Waals surface area (Å²) in [5, 5.41) is 3.29. The van der Waals surface area contributed by atoms with Crippen molar-refractivity contribution >= 4 is 5.91 Å². The molecule has 0 atom stereocenters. The summed E-state index contributed by atoms with van der Waals surface area (Å²) in [6, 6.07) is 11.1. The zero-order valence-corrected chi connectivity index (χ0v) is 15.0. The molecule has 2 fully saturated rings. The molecule has 0 saturated carbocycles. The lowest BCUT2D eigenvalue weighted by atomic mass is 9.99. The van der Waals surface area contributed by atoms with Crippen LogP contribution in [0.5, 0.6) is 0 Å². The van der Waals surface area contributed by atoms with E-state index in [1.165, 1.54) is 23.3 Å². The summed E-state index contributed by atoms with van der Waals surface area (Å²) < 4.78 is 0. The molecule has 1 aromatic rings. The molecule has 2 aliphatic rings. The Kier molecular flexibility index (Phi) is 6.27. The molecule has 0 bridgehead atoms. The van der Waals surface area contributed by atoms with Gasteiger partial charge in [0, 0.05) is 24.4 Å². The number of hydrogen-bond acceptors (Lipinski definition) is 1. The molecule has 2 heterocycles. The Bertz CT molecular complexity index is 503. The largest absolute Gasteiger partial charge is 0.348 e. The van der Waals surface area contributed by atoms with Crippen LogP contribution in [-0.2, 0) is 11.3 Å². The van der Waals surface area contributed by atoms with Crippen molar-refractivity contribution in [2.24, 2.45) is 5.92 Å². The highest BCUT2D eigenvalue weighted by Crippen LogP contribution is 2.06. The monoisotopic (exact) mass is 331 g/mol. The third-order valence-electron chi connectivity index (χ3n) is 5.75. The van der Waals surface area contributed by atoms with Crippen LogP contribution >= 0.6 is 0 Å². The van der Waals surface area contributed by atoms with Crippen molar-refractivity contribution in [2.45, 2.75) is 45.2 Å². The molecule has 2 saturated heterocycles. The van der Waals surface area contributed by atoms with Gasteiger partial charge >= 0.3 is 0 Å². The molecule has 132 valence electrons. The first-order chi connectivity index (χ1) is 11.7. The average molecular weight is 332 g/mol. The van der Waals surface area contributed by atoms with Crippen molar-refractivity contribution in [2.75, 3.05) is 32.7 Å². The van der Waals surface area contributed by atoms with E-state index in [-0.39, 0.29) is 5.91 Å². The quantitative estimate of drug-likeness (QED) is 0.679. The van der Waals surface area contributed by atoms with Gasteiger partial charge in [-0.2, -0.15) is 0 Å². The van der Waals surface area contributed by atoms with Gasteiger partial charge in [0.05, 0.1) is 26.2 Å². The predicted molar refractivity (Wildman–Crippen MR) is 96.0 cm³/mol. The van der Waals surface area contributed by atoms with E-state index in [1.807, 2.05) is 0 Å². The Morgan fingerprint density at radius 1 is 1.00 bits per heavy atom. The van der Waals surface area contributed by atoms with Gasteiger partial charge in [0.25, 0.3) is 5.91 Å². The molecule has 3 N–H and O–H groups in total. The number of hydrogen-bond donors (Lipinski definition) is 3. The van der Waals surface area contributed by atoms with Gasteiger partial charge < -0.3 is 15.1 Å². The molecule has 2 aliphatic heterocycles. The van der Waals surface area contributed by atoms with E-state index in [0.29, 0.717) is 12.6 Å². The Labute approximate surface area is 146 Å². The number of carbonyl (C=O) groups excluding carboxylic acids is 1. The van der Waals surface area contributed by atoms with Gasteiger partial charge in [-0.15, -0.1) is 0 Å². The molecule has 1 amide bonds. The number of nitrogens with one attached hydrogen (secondary N) is 3. The maximum Gasteiger partial charge on any atom is 0.275 e. The number of piperidine rings is 2. The summed E-state index contributed by atoms with van der Waals surface area (Å²) in [6.45, 7) is 8.74. The van der Waals surface area contributed by atoms with Crippen molar-refractivity contribution in [1.82, 2.24) is 5.32 Å². The highest BCUT2D eigenvalue weighted by Gasteiger charge is 2.26. The summed E-state index contributed by atoms with van der Waals surface area (Å²) in [7, 11) is 0. The molecule has 3 rings (SSSR count). The lowest BCUT2D eigenvalue weighted by Crippen LogP contribution is -3.14. The Morgan fingerprint density at radius 3 is 2.29 bits per heavy atom. The highest BCUT2D eigenvalue weighted by molar-refractivity contribution is 5.77. The van der Waals surface area contributed by atoms with Gasteiger partial charge in [0.15, 0.2) is 6.54 Å². The molecule has 24 heavy (non-hydrogen) atoms. The van der Waals surface area contributed by atoms with Crippen molar-refractivity contribution in [3.63, 3.8) is 0 Å². The second-order valence-corrected chi connectivity index (χ2v) is 7.86. The van der Waals surface area contributed by atoms with Gasteiger partial charge in [-0.05, 0) is 18.8 Å². The summed E-state index contributed by atoms with van der Waals surface area (Å²) in [5.74, 6) is 1.10. The van der Waals surface area contributed by atoms with Crippen LogP contribution in [0.3, 0.4) is 0 Å². The first kappa shape index (κ1) is 17.4. The van der Waals surface area contributed by atoms with E-state index in [4.69, 9.17) is 0 Å². The molecule has 4 heteroatoms. The predicted octanol–water partition coefficient (Wildman–Crippen LogP) is -0.335. The van der Waals surface area contributed by atoms with Crippen molar-refractivity contribution < 1.29 is 14.6 Å². The third-order valence-corrected chi connectivity index (χ3v) is 5.75. The second kappa shape index (κ2) is 8.63. The Hall–Kier alpha value is -1.39. The minimum Gasteiger partial charge on any atom is -0.348 e. The van der Waals surface area contributed by atoms with Crippen molar-refractivity contribution in [3.05, 3.63) is 35.9 Å². The van der Waals surface area contributed by atoms with E-state index >= 15 is 0 Å². The average Bonchev–Trinajstić information content (AvgIpc) is 2.60. The minimum absolute atomic E-state index is 0.260. The fourth-order valence-corrected chi connectivity index (χ4v) is 4.08. The van der Waals surface area contributed by atoms with Gasteiger partial charge in [-0.3, -0.25) is 4.79 Å². The third kappa shape index (κ3) is 5.32. The van der Waals surface area contributed by atoms with Crippen LogP contribution in [0.25, 0.3) is 0 Å². The highest BCUT2D eigenvalue weighted by atomic mass is 16.2. The Morgan fingerprint density at radius 2 is 1.62 bits per heavy atom. The lowest BCUT2D eigenvalue weighted by Gasteiger charge is -2.31. The molecule has 0 aliphatic carbocycles. The van der Waals surface area contributed by atoms with Crippen LogP contribution in [0.1, 0.15) is 38.2 Å². The lowest BCUT2D eigenvalue weighted by molar-refractivity contribution is -0.918. The van der Waals surface area contributed by atoms with Crippen molar-refractivity contribution in [1.29, 1.82) is 0 Å². The van der Waals surface area contributed by atoms with Crippen LogP contribution < -0.4 is 15.1 Å². The minimum atomic E-state index is 0.260. The van der Waals surface area contributed by atoms with E-state index in [9.17, 15) is 4.79 Å². The SMILES string of the molecule is CC1CC[NH+](CC(=O)NC2CC[NH+](Cc3ccccc3)CC2)CC1. The van der Waals surface area contributed by atoms with Gasteiger partial charge in [0.1, 0.15) is 6.54 Å². The smallest absolute Gasteiger partial charge is 0.275 e. The maximum absolute atomic E-state index is 12.3. The summed E-state index contributed by atoms with van der Waals surface area (Å²) in [6.07, 6.45) is 4.76. The van der Waals surface area contributed by atoms with Crippen LogP contribution in [0, 0.1) is 5.92 Å². The fraction of sp³-hybridized carbons (Fsp3) is 0.650. The fourth-order valence-electron chi connectivity index (χ4n) is 4.08. The zero-order valence-electron chi connectivity index (χ0n) is 15.0. The standard InChI is InChI=1S/C20H31N3O/c1-17-7-11-23(12-8-17)16-20(24)21-19-9-13-22(14-10-19)15-18-5-3-2-4-6-18/h2-6,17,19H,7-16H2,1H3,(H,21,24)/p+2. The number of benzene rings is 1. The first-order valence-electron chi connectivity index (χ1n) is 9.69. The summed E-state index contributed by atoms with van der Waals surface area (Å²) >= 11 is 0. The number of carbonyl (C=O) groups is 1. The molecule has 0 spiro atoms. The van der Waals surface area contributed by atoms with Gasteiger partial charge in [-0.1, -0.05) is 37.3 Å². The zero-order chi connectivity index (χ0) is 16.8. The number of quaternary nitrogens is 2. The maximum atomic E-state index is 12.3. The van der Waals surface area contributed by atoms with Gasteiger partial charge in [0.2, 0.25) is 0 Å². The molecule has 1 aromatic carbocycles. The second-order valence-electron chi connectivity index (χ2n) is 7.86.